The molecule has 1 fully saturated rings. The van der Waals surface area contributed by atoms with Gasteiger partial charge in [-0.25, -0.2) is 9.80 Å². The first kappa shape index (κ1) is 25.3. The number of ether oxygens (including phenoxy) is 2. The first-order chi connectivity index (χ1) is 16.4. The second-order valence-corrected chi connectivity index (χ2v) is 16.8. The van der Waals surface area contributed by atoms with E-state index in [1.165, 1.54) is 9.91 Å². The van der Waals surface area contributed by atoms with Crippen LogP contribution in [0.4, 0.5) is 16.2 Å². The summed E-state index contributed by atoms with van der Waals surface area (Å²) >= 11 is 0. The molecule has 3 aliphatic heterocycles. The van der Waals surface area contributed by atoms with Crippen molar-refractivity contribution in [2.24, 2.45) is 11.0 Å². The van der Waals surface area contributed by atoms with Gasteiger partial charge in [-0.3, -0.25) is 4.79 Å². The van der Waals surface area contributed by atoms with Crippen LogP contribution in [-0.2, 0) is 9.53 Å². The van der Waals surface area contributed by atoms with Crippen LogP contribution in [0.5, 0.6) is 5.75 Å². The summed E-state index contributed by atoms with van der Waals surface area (Å²) in [5.74, 6) is 1.46. The van der Waals surface area contributed by atoms with Crippen LogP contribution in [0.15, 0.2) is 23.3 Å². The quantitative estimate of drug-likeness (QED) is 0.413. The zero-order valence-electron chi connectivity index (χ0n) is 21.5. The van der Waals surface area contributed by atoms with Crippen LogP contribution in [-0.4, -0.2) is 85.5 Å². The molecule has 2 N–H and O–H groups in total. The maximum absolute atomic E-state index is 13.1. The number of amidine groups is 1. The second kappa shape index (κ2) is 9.34. The number of carboxylic acid groups (broad SMARTS) is 1. The number of nitrogens with zero attached hydrogens (tertiary/aromatic N) is 4. The van der Waals surface area contributed by atoms with Crippen LogP contribution in [0.2, 0.25) is 25.7 Å². The maximum Gasteiger partial charge on any atom is 0.407 e. The monoisotopic (exact) mass is 503 g/mol. The maximum atomic E-state index is 13.1. The normalized spacial score (nSPS) is 21.1. The van der Waals surface area contributed by atoms with Crippen LogP contribution in [0.25, 0.3) is 0 Å². The predicted octanol–water partition coefficient (Wildman–Crippen LogP) is 3.54. The zero-order valence-corrected chi connectivity index (χ0v) is 22.5. The Kier molecular flexibility index (Phi) is 6.75. The fourth-order valence-corrected chi connectivity index (χ4v) is 5.30. The van der Waals surface area contributed by atoms with Gasteiger partial charge in [0.25, 0.3) is 5.91 Å². The molecule has 1 saturated heterocycles. The minimum absolute atomic E-state index is 0.122. The number of amides is 2. The molecule has 0 radical (unpaired) electrons. The van der Waals surface area contributed by atoms with E-state index < -0.39 is 20.2 Å². The van der Waals surface area contributed by atoms with Gasteiger partial charge in [0.15, 0.2) is 5.84 Å². The van der Waals surface area contributed by atoms with Crippen molar-refractivity contribution >= 4 is 37.3 Å². The Labute approximate surface area is 207 Å². The number of hydrazone groups is 1. The van der Waals surface area contributed by atoms with Crippen molar-refractivity contribution in [2.45, 2.75) is 58.0 Å². The van der Waals surface area contributed by atoms with E-state index in [9.17, 15) is 14.7 Å². The van der Waals surface area contributed by atoms with Crippen molar-refractivity contribution in [3.8, 4) is 5.75 Å². The third-order valence-electron chi connectivity index (χ3n) is 7.01. The largest absolute Gasteiger partial charge is 0.483 e. The minimum atomic E-state index is -1.21. The third-order valence-corrected chi connectivity index (χ3v) is 8.72. The topological polar surface area (TPSA) is 107 Å². The summed E-state index contributed by atoms with van der Waals surface area (Å²) in [6, 6.07) is 6.36. The Bertz CT molecular complexity index is 1020. The van der Waals surface area contributed by atoms with Crippen LogP contribution < -0.4 is 15.0 Å². The summed E-state index contributed by atoms with van der Waals surface area (Å²) < 4.78 is 11.7. The van der Waals surface area contributed by atoms with Crippen molar-refractivity contribution in [1.82, 2.24) is 9.91 Å². The van der Waals surface area contributed by atoms with Gasteiger partial charge in [-0.2, -0.15) is 5.10 Å². The molecule has 192 valence electrons. The van der Waals surface area contributed by atoms with Gasteiger partial charge < -0.3 is 29.7 Å². The van der Waals surface area contributed by atoms with E-state index in [0.29, 0.717) is 31.3 Å². The second-order valence-electron chi connectivity index (χ2n) is 11.2. The molecule has 3 aliphatic rings. The lowest BCUT2D eigenvalue weighted by atomic mass is 9.79. The average molecular weight is 504 g/mol. The molecule has 1 unspecified atom stereocenters. The molecular formula is C24H37N5O5Si. The number of benzene rings is 1. The number of nitrogens with one attached hydrogen (secondary N) is 1. The first-order valence-electron chi connectivity index (χ1n) is 12.2. The van der Waals surface area contributed by atoms with Crippen molar-refractivity contribution in [3.05, 3.63) is 18.2 Å². The molecule has 1 atom stereocenters. The molecule has 1 aromatic rings. The molecule has 0 aliphatic carbocycles. The van der Waals surface area contributed by atoms with E-state index in [1.807, 2.05) is 30.0 Å². The highest BCUT2D eigenvalue weighted by atomic mass is 28.3. The summed E-state index contributed by atoms with van der Waals surface area (Å²) in [4.78, 5) is 27.8. The Balaban J connectivity index is 1.51. The minimum Gasteiger partial charge on any atom is -0.483 e. The fourth-order valence-electron chi connectivity index (χ4n) is 4.55. The molecule has 1 aromatic carbocycles. The predicted molar refractivity (Wildman–Crippen MR) is 138 cm³/mol. The smallest absolute Gasteiger partial charge is 0.407 e. The van der Waals surface area contributed by atoms with Gasteiger partial charge in [-0.1, -0.05) is 33.5 Å². The molecular weight excluding hydrogens is 466 g/mol. The third kappa shape index (κ3) is 5.11. The lowest BCUT2D eigenvalue weighted by Crippen LogP contribution is -2.69. The molecule has 0 aromatic heterocycles. The number of hydrogen-bond acceptors (Lipinski definition) is 7. The molecule has 10 nitrogen and oxygen atoms in total. The number of fused-ring (bicyclic) bond motifs is 3. The standard InChI is InChI=1S/C24H37N5O5Si/c1-16(2)24(13-27(14-24)23(31)32)25-18-7-8-20-19(11-18)29-17(3)22(30)28(26-21(29)12-34-20)15-33-9-10-35(4,5)6/h7-8,11,16-17,25H,9-10,12-15H2,1-6H3,(H,31,32). The molecule has 11 heteroatoms. The first-order valence-corrected chi connectivity index (χ1v) is 15.9. The highest BCUT2D eigenvalue weighted by molar-refractivity contribution is 6.76. The number of carbonyl (C=O) groups is 2. The highest BCUT2D eigenvalue weighted by Gasteiger charge is 2.48. The Hall–Kier alpha value is -2.79. The van der Waals surface area contributed by atoms with E-state index in [-0.39, 0.29) is 30.7 Å². The lowest BCUT2D eigenvalue weighted by molar-refractivity contribution is -0.138. The average Bonchev–Trinajstić information content (AvgIpc) is 2.74. The van der Waals surface area contributed by atoms with Gasteiger partial charge in [-0.15, -0.1) is 0 Å². The van der Waals surface area contributed by atoms with Gasteiger partial charge in [0.2, 0.25) is 0 Å². The van der Waals surface area contributed by atoms with Crippen LogP contribution in [0, 0.1) is 5.92 Å². The van der Waals surface area contributed by atoms with E-state index in [4.69, 9.17) is 9.47 Å². The van der Waals surface area contributed by atoms with Crippen molar-refractivity contribution in [3.63, 3.8) is 0 Å². The van der Waals surface area contributed by atoms with Gasteiger partial charge >= 0.3 is 6.09 Å². The Morgan fingerprint density at radius 2 is 2.06 bits per heavy atom. The van der Waals surface area contributed by atoms with Crippen molar-refractivity contribution in [1.29, 1.82) is 0 Å². The van der Waals surface area contributed by atoms with Gasteiger partial charge in [0.05, 0.1) is 11.2 Å². The number of carbonyl (C=O) groups excluding carboxylic acids is 1. The molecule has 35 heavy (non-hydrogen) atoms. The lowest BCUT2D eigenvalue weighted by Gasteiger charge is -2.52. The van der Waals surface area contributed by atoms with Crippen LogP contribution in [0.1, 0.15) is 20.8 Å². The number of hydrogen-bond donors (Lipinski definition) is 2. The number of anilines is 2. The molecule has 0 bridgehead atoms. The van der Waals surface area contributed by atoms with E-state index in [1.54, 1.807) is 0 Å². The SMILES string of the molecule is CC1C(=O)N(COCC[Si](C)(C)C)N=C2COc3ccc(NC4(C(C)C)CN(C(=O)O)C4)cc3N21. The Morgan fingerprint density at radius 1 is 1.34 bits per heavy atom. The van der Waals surface area contributed by atoms with E-state index in [2.05, 4.69) is 43.9 Å². The number of likely N-dealkylation sites (tertiary alicyclic amines) is 1. The molecule has 0 saturated carbocycles. The zero-order chi connectivity index (χ0) is 25.5. The molecule has 2 amide bonds. The fraction of sp³-hybridized carbons (Fsp3) is 0.625. The van der Waals surface area contributed by atoms with Gasteiger partial charge in [-0.05, 0) is 37.1 Å². The molecule has 4 rings (SSSR count). The number of rotatable bonds is 8. The van der Waals surface area contributed by atoms with Crippen molar-refractivity contribution in [2.75, 3.05) is 43.3 Å². The highest BCUT2D eigenvalue weighted by Crippen LogP contribution is 2.40. The summed E-state index contributed by atoms with van der Waals surface area (Å²) in [5.41, 5.74) is 1.28. The van der Waals surface area contributed by atoms with E-state index >= 15 is 0 Å². The van der Waals surface area contributed by atoms with Crippen molar-refractivity contribution < 1.29 is 24.2 Å². The van der Waals surface area contributed by atoms with E-state index in [0.717, 1.165) is 17.4 Å². The summed E-state index contributed by atoms with van der Waals surface area (Å²) in [7, 11) is -1.21. The Morgan fingerprint density at radius 3 is 2.69 bits per heavy atom. The van der Waals surface area contributed by atoms with Gasteiger partial charge in [0.1, 0.15) is 25.1 Å². The molecule has 3 heterocycles. The van der Waals surface area contributed by atoms with Crippen LogP contribution >= 0.6 is 0 Å². The summed E-state index contributed by atoms with van der Waals surface area (Å²) in [5, 5.41) is 18.8. The van der Waals surface area contributed by atoms with Gasteiger partial charge in [0, 0.05) is 33.5 Å². The molecule has 0 spiro atoms. The summed E-state index contributed by atoms with van der Waals surface area (Å²) in [6.07, 6.45) is -0.905. The summed E-state index contributed by atoms with van der Waals surface area (Å²) in [6.45, 7) is 14.8. The van der Waals surface area contributed by atoms with Crippen LogP contribution in [0.3, 0.4) is 0 Å².